The standard InChI is InChI=1S/C12H17OS.CHF3O3S/c1-13-12-6-4-11(5-7-12)10-14-8-2-3-9-14;2-1(3,4)8(5,6)7/h4-7H,2-3,8-10H2,1H3;(H,5,6,7)/q+1;/p-1. The van der Waals surface area contributed by atoms with Crippen LogP contribution in [0.4, 0.5) is 13.2 Å². The van der Waals surface area contributed by atoms with Gasteiger partial charge in [0.2, 0.25) is 0 Å². The fourth-order valence-electron chi connectivity index (χ4n) is 1.82. The molecule has 0 bridgehead atoms. The molecule has 0 spiro atoms. The van der Waals surface area contributed by atoms with Gasteiger partial charge < -0.3 is 9.29 Å². The van der Waals surface area contributed by atoms with Gasteiger partial charge in [-0.05, 0) is 35.9 Å². The molecule has 0 atom stereocenters. The molecule has 1 fully saturated rings. The summed E-state index contributed by atoms with van der Waals surface area (Å²) in [5, 5.41) is 0. The maximum Gasteiger partial charge on any atom is 0.485 e. The Bertz CT molecular complexity index is 550. The van der Waals surface area contributed by atoms with Gasteiger partial charge in [-0.3, -0.25) is 0 Å². The number of alkyl halides is 3. The number of rotatable bonds is 3. The minimum Gasteiger partial charge on any atom is -0.741 e. The predicted octanol–water partition coefficient (Wildman–Crippen LogP) is 2.66. The highest BCUT2D eigenvalue weighted by molar-refractivity contribution is 7.96. The molecule has 1 aliphatic rings. The number of hydrogen-bond acceptors (Lipinski definition) is 4. The second kappa shape index (κ2) is 8.07. The van der Waals surface area contributed by atoms with Crippen molar-refractivity contribution in [2.45, 2.75) is 24.1 Å². The van der Waals surface area contributed by atoms with E-state index in [1.54, 1.807) is 7.11 Å². The smallest absolute Gasteiger partial charge is 0.485 e. The monoisotopic (exact) mass is 358 g/mol. The summed E-state index contributed by atoms with van der Waals surface area (Å²) < 4.78 is 64.0. The lowest BCUT2D eigenvalue weighted by molar-refractivity contribution is -0.0517. The van der Waals surface area contributed by atoms with E-state index >= 15 is 0 Å². The lowest BCUT2D eigenvalue weighted by Gasteiger charge is -2.08. The van der Waals surface area contributed by atoms with Gasteiger partial charge in [0.15, 0.2) is 10.1 Å². The lowest BCUT2D eigenvalue weighted by atomic mass is 10.2. The summed E-state index contributed by atoms with van der Waals surface area (Å²) in [5.74, 6) is 5.14. The second-order valence-electron chi connectivity index (χ2n) is 4.62. The predicted molar refractivity (Wildman–Crippen MR) is 78.8 cm³/mol. The molecule has 1 heterocycles. The van der Waals surface area contributed by atoms with Crippen LogP contribution < -0.4 is 4.74 Å². The van der Waals surface area contributed by atoms with Crippen molar-refractivity contribution in [1.29, 1.82) is 0 Å². The van der Waals surface area contributed by atoms with Crippen LogP contribution >= 0.6 is 0 Å². The summed E-state index contributed by atoms with van der Waals surface area (Å²) in [4.78, 5) is 0. The van der Waals surface area contributed by atoms with E-state index in [9.17, 15) is 13.2 Å². The van der Waals surface area contributed by atoms with Crippen LogP contribution in [-0.4, -0.2) is 37.1 Å². The molecule has 0 radical (unpaired) electrons. The minimum absolute atomic E-state index is 0.672. The highest BCUT2D eigenvalue weighted by atomic mass is 32.2. The largest absolute Gasteiger partial charge is 0.741 e. The van der Waals surface area contributed by atoms with Crippen LogP contribution in [0.2, 0.25) is 0 Å². The molecule has 0 aromatic heterocycles. The zero-order chi connectivity index (χ0) is 16.8. The normalized spacial score (nSPS) is 16.0. The van der Waals surface area contributed by atoms with Crippen molar-refractivity contribution in [1.82, 2.24) is 0 Å². The summed E-state index contributed by atoms with van der Waals surface area (Å²) >= 11 is 0. The molecule has 0 unspecified atom stereocenters. The fraction of sp³-hybridized carbons (Fsp3) is 0.538. The van der Waals surface area contributed by atoms with Crippen molar-refractivity contribution in [3.05, 3.63) is 29.8 Å². The lowest BCUT2D eigenvalue weighted by Crippen LogP contribution is -2.21. The van der Waals surface area contributed by atoms with Crippen LogP contribution in [-0.2, 0) is 26.8 Å². The average molecular weight is 358 g/mol. The topological polar surface area (TPSA) is 66.4 Å². The molecule has 0 aliphatic carbocycles. The van der Waals surface area contributed by atoms with Gasteiger partial charge in [-0.1, -0.05) is 12.1 Å². The Morgan fingerprint density at radius 1 is 1.18 bits per heavy atom. The third-order valence-corrected chi connectivity index (χ3v) is 5.97. The van der Waals surface area contributed by atoms with Crippen LogP contribution in [0.5, 0.6) is 5.75 Å². The maximum absolute atomic E-state index is 10.7. The zero-order valence-corrected chi connectivity index (χ0v) is 13.6. The first-order chi connectivity index (χ1) is 10.1. The maximum atomic E-state index is 10.7. The molecule has 0 N–H and O–H groups in total. The van der Waals surface area contributed by atoms with E-state index in [1.807, 2.05) is 0 Å². The second-order valence-corrected chi connectivity index (χ2v) is 8.32. The molecule has 1 saturated heterocycles. The van der Waals surface area contributed by atoms with Crippen molar-refractivity contribution in [3.8, 4) is 5.75 Å². The molecule has 2 rings (SSSR count). The molecule has 126 valence electrons. The van der Waals surface area contributed by atoms with Crippen molar-refractivity contribution in [3.63, 3.8) is 0 Å². The summed E-state index contributed by atoms with van der Waals surface area (Å²) in [6.07, 6.45) is 2.89. The van der Waals surface area contributed by atoms with Gasteiger partial charge in [0.05, 0.1) is 7.11 Å². The van der Waals surface area contributed by atoms with E-state index in [0.717, 1.165) is 5.75 Å². The highest BCUT2D eigenvalue weighted by Crippen LogP contribution is 2.21. The first kappa shape index (κ1) is 19.1. The van der Waals surface area contributed by atoms with E-state index in [0.29, 0.717) is 10.9 Å². The van der Waals surface area contributed by atoms with E-state index in [4.69, 9.17) is 17.7 Å². The van der Waals surface area contributed by atoms with Crippen molar-refractivity contribution >= 4 is 21.0 Å². The van der Waals surface area contributed by atoms with E-state index < -0.39 is 15.6 Å². The van der Waals surface area contributed by atoms with Crippen molar-refractivity contribution in [2.24, 2.45) is 0 Å². The molecule has 9 heteroatoms. The number of benzene rings is 1. The Hall–Kier alpha value is -0.930. The SMILES string of the molecule is COc1ccc(C[S+]2CCCC2)cc1.O=S(=O)([O-])C(F)(F)F. The van der Waals surface area contributed by atoms with Crippen LogP contribution in [0.3, 0.4) is 0 Å². The summed E-state index contributed by atoms with van der Waals surface area (Å²) in [5.41, 5.74) is -4.18. The Labute approximate surface area is 130 Å². The Balaban J connectivity index is 0.000000261. The fourth-order valence-corrected chi connectivity index (χ4v) is 4.20. The number of methoxy groups -OCH3 is 1. The van der Waals surface area contributed by atoms with Gasteiger partial charge in [-0.15, -0.1) is 0 Å². The van der Waals surface area contributed by atoms with E-state index in [1.165, 1.54) is 35.7 Å². The first-order valence-electron chi connectivity index (χ1n) is 6.42. The number of ether oxygens (including phenoxy) is 1. The summed E-state index contributed by atoms with van der Waals surface area (Å²) in [6, 6.07) is 8.53. The van der Waals surface area contributed by atoms with Crippen LogP contribution in [0.15, 0.2) is 24.3 Å². The first-order valence-corrected chi connectivity index (χ1v) is 9.56. The van der Waals surface area contributed by atoms with Gasteiger partial charge in [-0.2, -0.15) is 13.2 Å². The highest BCUT2D eigenvalue weighted by Gasteiger charge is 2.36. The van der Waals surface area contributed by atoms with E-state index in [2.05, 4.69) is 24.3 Å². The minimum atomic E-state index is -6.09. The average Bonchev–Trinajstić information content (AvgIpc) is 2.91. The van der Waals surface area contributed by atoms with E-state index in [-0.39, 0.29) is 0 Å². The molecule has 1 aliphatic heterocycles. The van der Waals surface area contributed by atoms with Crippen molar-refractivity contribution < 1.29 is 30.9 Å². The molecule has 0 saturated carbocycles. The van der Waals surface area contributed by atoms with Gasteiger partial charge >= 0.3 is 5.51 Å². The molecule has 22 heavy (non-hydrogen) atoms. The van der Waals surface area contributed by atoms with Crippen molar-refractivity contribution in [2.75, 3.05) is 18.6 Å². The Morgan fingerprint density at radius 3 is 2.00 bits per heavy atom. The number of hydrogen-bond donors (Lipinski definition) is 0. The van der Waals surface area contributed by atoms with Crippen LogP contribution in [0.25, 0.3) is 0 Å². The summed E-state index contributed by atoms with van der Waals surface area (Å²) in [7, 11) is -3.70. The van der Waals surface area contributed by atoms with Crippen LogP contribution in [0, 0.1) is 0 Å². The molecule has 1 aromatic rings. The summed E-state index contributed by atoms with van der Waals surface area (Å²) in [6.45, 7) is 0. The van der Waals surface area contributed by atoms with Gasteiger partial charge in [0.1, 0.15) is 23.0 Å². The molecule has 0 amide bonds. The quantitative estimate of drug-likeness (QED) is 0.473. The van der Waals surface area contributed by atoms with Gasteiger partial charge in [0, 0.05) is 5.56 Å². The van der Waals surface area contributed by atoms with Crippen LogP contribution in [0.1, 0.15) is 18.4 Å². The zero-order valence-electron chi connectivity index (χ0n) is 11.9. The third kappa shape index (κ3) is 6.45. The Kier molecular flexibility index (Phi) is 7.01. The van der Waals surface area contributed by atoms with Gasteiger partial charge in [-0.25, -0.2) is 8.42 Å². The Morgan fingerprint density at radius 2 is 1.64 bits per heavy atom. The van der Waals surface area contributed by atoms with Gasteiger partial charge in [0.25, 0.3) is 0 Å². The third-order valence-electron chi connectivity index (χ3n) is 2.93. The molecule has 4 nitrogen and oxygen atoms in total. The number of halogens is 3. The molecular formula is C13H17F3O4S2. The molecule has 1 aromatic carbocycles. The molecular weight excluding hydrogens is 341 g/mol.